The van der Waals surface area contributed by atoms with Crippen molar-refractivity contribution in [3.8, 4) is 0 Å². The SMILES string of the molecule is Cc1nc(NC(=O)[C@@H]2OCC(=O)N(C)[C@@H]2c2ccccc2)sc1C. The first kappa shape index (κ1) is 16.6. The number of thiazole rings is 1. The molecule has 0 saturated carbocycles. The second kappa shape index (κ2) is 6.70. The highest BCUT2D eigenvalue weighted by Crippen LogP contribution is 2.30. The number of aryl methyl sites for hydroxylation is 2. The number of carbonyl (C=O) groups excluding carboxylic acids is 2. The number of nitrogens with one attached hydrogen (secondary N) is 1. The van der Waals surface area contributed by atoms with Gasteiger partial charge < -0.3 is 9.64 Å². The predicted molar refractivity (Wildman–Crippen MR) is 91.9 cm³/mol. The van der Waals surface area contributed by atoms with Crippen LogP contribution in [0.15, 0.2) is 30.3 Å². The fourth-order valence-electron chi connectivity index (χ4n) is 2.68. The van der Waals surface area contributed by atoms with Gasteiger partial charge in [-0.1, -0.05) is 30.3 Å². The number of amides is 2. The highest BCUT2D eigenvalue weighted by Gasteiger charge is 2.40. The molecule has 0 unspecified atom stereocenters. The molecule has 1 aromatic heterocycles. The predicted octanol–water partition coefficient (Wildman–Crippen LogP) is 2.30. The van der Waals surface area contributed by atoms with E-state index < -0.39 is 12.1 Å². The van der Waals surface area contributed by atoms with Gasteiger partial charge in [-0.3, -0.25) is 14.9 Å². The molecule has 7 heteroatoms. The molecule has 0 bridgehead atoms. The van der Waals surface area contributed by atoms with Crippen LogP contribution >= 0.6 is 11.3 Å². The van der Waals surface area contributed by atoms with Crippen LogP contribution in [0.4, 0.5) is 5.13 Å². The van der Waals surface area contributed by atoms with Crippen LogP contribution in [0.5, 0.6) is 0 Å². The van der Waals surface area contributed by atoms with Gasteiger partial charge in [-0.25, -0.2) is 4.98 Å². The van der Waals surface area contributed by atoms with E-state index in [0.29, 0.717) is 5.13 Å². The number of anilines is 1. The fraction of sp³-hybridized carbons (Fsp3) is 0.353. The Labute approximate surface area is 144 Å². The van der Waals surface area contributed by atoms with E-state index in [-0.39, 0.29) is 18.4 Å². The molecule has 2 amide bonds. The monoisotopic (exact) mass is 345 g/mol. The first-order valence-corrected chi connectivity index (χ1v) is 8.46. The molecule has 1 fully saturated rings. The highest BCUT2D eigenvalue weighted by atomic mass is 32.1. The zero-order valence-corrected chi connectivity index (χ0v) is 14.6. The third kappa shape index (κ3) is 3.18. The summed E-state index contributed by atoms with van der Waals surface area (Å²) in [6.45, 7) is 3.75. The van der Waals surface area contributed by atoms with Gasteiger partial charge in [-0.05, 0) is 19.4 Å². The molecule has 2 aromatic rings. The number of nitrogens with zero attached hydrogens (tertiary/aromatic N) is 2. The minimum Gasteiger partial charge on any atom is -0.356 e. The van der Waals surface area contributed by atoms with Crippen molar-refractivity contribution in [3.63, 3.8) is 0 Å². The number of benzene rings is 1. The Morgan fingerprint density at radius 3 is 2.67 bits per heavy atom. The van der Waals surface area contributed by atoms with Gasteiger partial charge in [-0.15, -0.1) is 11.3 Å². The summed E-state index contributed by atoms with van der Waals surface area (Å²) in [4.78, 5) is 31.7. The summed E-state index contributed by atoms with van der Waals surface area (Å²) in [5.74, 6) is -0.439. The third-order valence-corrected chi connectivity index (χ3v) is 5.13. The Balaban J connectivity index is 1.86. The molecule has 24 heavy (non-hydrogen) atoms. The maximum atomic E-state index is 12.7. The van der Waals surface area contributed by atoms with Crippen LogP contribution in [0.25, 0.3) is 0 Å². The topological polar surface area (TPSA) is 71.5 Å². The molecule has 1 N–H and O–H groups in total. The van der Waals surface area contributed by atoms with Gasteiger partial charge in [0.1, 0.15) is 6.61 Å². The number of hydrogen-bond donors (Lipinski definition) is 1. The lowest BCUT2D eigenvalue weighted by atomic mass is 9.98. The van der Waals surface area contributed by atoms with Crippen molar-refractivity contribution in [2.75, 3.05) is 19.0 Å². The molecule has 1 saturated heterocycles. The molecule has 1 aliphatic heterocycles. The maximum absolute atomic E-state index is 12.7. The van der Waals surface area contributed by atoms with Gasteiger partial charge in [0.15, 0.2) is 11.2 Å². The van der Waals surface area contributed by atoms with Crippen molar-refractivity contribution in [1.29, 1.82) is 0 Å². The van der Waals surface area contributed by atoms with E-state index in [2.05, 4.69) is 10.3 Å². The number of hydrogen-bond acceptors (Lipinski definition) is 5. The van der Waals surface area contributed by atoms with Gasteiger partial charge in [-0.2, -0.15) is 0 Å². The molecule has 126 valence electrons. The molecular formula is C17H19N3O3S. The van der Waals surface area contributed by atoms with Crippen LogP contribution in [0.2, 0.25) is 0 Å². The van der Waals surface area contributed by atoms with Crippen LogP contribution in [0.3, 0.4) is 0 Å². The molecule has 1 aliphatic rings. The van der Waals surface area contributed by atoms with Crippen molar-refractivity contribution in [3.05, 3.63) is 46.5 Å². The van der Waals surface area contributed by atoms with E-state index in [1.54, 1.807) is 11.9 Å². The molecule has 0 aliphatic carbocycles. The molecule has 2 atom stereocenters. The van der Waals surface area contributed by atoms with E-state index in [9.17, 15) is 9.59 Å². The Bertz CT molecular complexity index is 740. The van der Waals surface area contributed by atoms with Crippen LogP contribution in [-0.2, 0) is 14.3 Å². The molecule has 0 spiro atoms. The van der Waals surface area contributed by atoms with E-state index in [4.69, 9.17) is 4.74 Å². The van der Waals surface area contributed by atoms with Crippen molar-refractivity contribution in [1.82, 2.24) is 9.88 Å². The first-order chi connectivity index (χ1) is 11.5. The zero-order valence-electron chi connectivity index (χ0n) is 13.8. The Morgan fingerprint density at radius 2 is 2.04 bits per heavy atom. The second-order valence-electron chi connectivity index (χ2n) is 5.74. The summed E-state index contributed by atoms with van der Waals surface area (Å²) in [5.41, 5.74) is 1.76. The van der Waals surface area contributed by atoms with Gasteiger partial charge in [0, 0.05) is 11.9 Å². The largest absolute Gasteiger partial charge is 0.356 e. The molecule has 6 nitrogen and oxygen atoms in total. The van der Waals surface area contributed by atoms with Crippen LogP contribution in [0.1, 0.15) is 22.2 Å². The summed E-state index contributed by atoms with van der Waals surface area (Å²) >= 11 is 1.43. The Hall–Kier alpha value is -2.25. The molecule has 0 radical (unpaired) electrons. The maximum Gasteiger partial charge on any atom is 0.257 e. The minimum absolute atomic E-state index is 0.103. The first-order valence-electron chi connectivity index (χ1n) is 7.64. The summed E-state index contributed by atoms with van der Waals surface area (Å²) in [6, 6.07) is 8.97. The summed E-state index contributed by atoms with van der Waals surface area (Å²) in [5, 5.41) is 3.36. The van der Waals surface area contributed by atoms with E-state index >= 15 is 0 Å². The van der Waals surface area contributed by atoms with E-state index in [1.165, 1.54) is 11.3 Å². The zero-order chi connectivity index (χ0) is 17.3. The summed E-state index contributed by atoms with van der Waals surface area (Å²) < 4.78 is 5.57. The lowest BCUT2D eigenvalue weighted by Gasteiger charge is -2.38. The molecular weight excluding hydrogens is 326 g/mol. The Kier molecular flexibility index (Phi) is 4.64. The van der Waals surface area contributed by atoms with Crippen LogP contribution in [0, 0.1) is 13.8 Å². The van der Waals surface area contributed by atoms with Gasteiger partial charge in [0.05, 0.1) is 11.7 Å². The standard InChI is InChI=1S/C17H19N3O3S/c1-10-11(2)24-17(18-10)19-16(22)15-14(12-7-5-4-6-8-12)20(3)13(21)9-23-15/h4-8,14-15H,9H2,1-3H3,(H,18,19,22)/t14-,15-/m1/s1. The smallest absolute Gasteiger partial charge is 0.257 e. The minimum atomic E-state index is -0.778. The van der Waals surface area contributed by atoms with Crippen molar-refractivity contribution >= 4 is 28.3 Å². The number of morpholine rings is 1. The van der Waals surface area contributed by atoms with Gasteiger partial charge in [0.25, 0.3) is 5.91 Å². The number of carbonyl (C=O) groups is 2. The highest BCUT2D eigenvalue weighted by molar-refractivity contribution is 7.15. The Morgan fingerprint density at radius 1 is 1.33 bits per heavy atom. The van der Waals surface area contributed by atoms with E-state index in [0.717, 1.165) is 16.1 Å². The number of likely N-dealkylation sites (N-methyl/N-ethyl adjacent to an activating group) is 1. The van der Waals surface area contributed by atoms with Crippen LogP contribution in [-0.4, -0.2) is 41.5 Å². The summed E-state index contributed by atoms with van der Waals surface area (Å²) in [6.07, 6.45) is -0.778. The number of rotatable bonds is 3. The van der Waals surface area contributed by atoms with Gasteiger partial charge in [0.2, 0.25) is 5.91 Å². The third-order valence-electron chi connectivity index (χ3n) is 4.14. The summed E-state index contributed by atoms with van der Waals surface area (Å²) in [7, 11) is 1.69. The molecule has 1 aromatic carbocycles. The number of ether oxygens (including phenoxy) is 1. The lowest BCUT2D eigenvalue weighted by Crippen LogP contribution is -2.51. The molecule has 2 heterocycles. The average Bonchev–Trinajstić information content (AvgIpc) is 2.88. The fourth-order valence-corrected chi connectivity index (χ4v) is 3.50. The van der Waals surface area contributed by atoms with Gasteiger partial charge >= 0.3 is 0 Å². The lowest BCUT2D eigenvalue weighted by molar-refractivity contribution is -0.160. The normalized spacial score (nSPS) is 21.0. The number of aromatic nitrogens is 1. The van der Waals surface area contributed by atoms with Crippen molar-refractivity contribution < 1.29 is 14.3 Å². The quantitative estimate of drug-likeness (QED) is 0.926. The second-order valence-corrected chi connectivity index (χ2v) is 6.94. The molecule has 3 rings (SSSR count). The van der Waals surface area contributed by atoms with Crippen LogP contribution < -0.4 is 5.32 Å². The van der Waals surface area contributed by atoms with Crippen molar-refractivity contribution in [2.45, 2.75) is 26.0 Å². The van der Waals surface area contributed by atoms with E-state index in [1.807, 2.05) is 44.2 Å². The average molecular weight is 345 g/mol. The van der Waals surface area contributed by atoms with Crippen molar-refractivity contribution in [2.24, 2.45) is 0 Å².